The van der Waals surface area contributed by atoms with E-state index in [1.54, 1.807) is 17.0 Å². The lowest BCUT2D eigenvalue weighted by molar-refractivity contribution is -0.384. The summed E-state index contributed by atoms with van der Waals surface area (Å²) in [6, 6.07) is 9.73. The average molecular weight is 422 g/mol. The maximum Gasteiger partial charge on any atom is 0.270 e. The van der Waals surface area contributed by atoms with E-state index in [9.17, 15) is 14.9 Å². The van der Waals surface area contributed by atoms with Crippen LogP contribution in [0.15, 0.2) is 46.6 Å². The molecule has 2 aromatic carbocycles. The lowest BCUT2D eigenvalue weighted by Gasteiger charge is -2.27. The summed E-state index contributed by atoms with van der Waals surface area (Å²) in [6.45, 7) is 2.11. The number of non-ortho nitro benzene ring substituents is 1. The van der Waals surface area contributed by atoms with Crippen LogP contribution in [-0.2, 0) is 16.0 Å². The van der Waals surface area contributed by atoms with Crippen LogP contribution in [0.25, 0.3) is 0 Å². The minimum Gasteiger partial charge on any atom is -0.454 e. The summed E-state index contributed by atoms with van der Waals surface area (Å²) < 4.78 is 16.4. The van der Waals surface area contributed by atoms with E-state index in [-0.39, 0.29) is 24.8 Å². The first-order valence-electron chi connectivity index (χ1n) is 9.79. The number of nitrogens with zero attached hydrogens (tertiary/aromatic N) is 4. The first kappa shape index (κ1) is 19.2. The molecule has 1 amide bonds. The molecule has 0 N–H and O–H groups in total. The largest absolute Gasteiger partial charge is 0.454 e. The zero-order valence-electron chi connectivity index (χ0n) is 16.4. The van der Waals surface area contributed by atoms with Gasteiger partial charge >= 0.3 is 0 Å². The van der Waals surface area contributed by atoms with Crippen molar-refractivity contribution in [3.63, 3.8) is 0 Å². The van der Waals surface area contributed by atoms with E-state index in [0.29, 0.717) is 54.8 Å². The Morgan fingerprint density at radius 2 is 1.74 bits per heavy atom. The molecular formula is C21H18N4O6. The first-order chi connectivity index (χ1) is 15.1. The molecule has 0 atom stereocenters. The van der Waals surface area contributed by atoms with Crippen molar-refractivity contribution in [2.75, 3.05) is 33.1 Å². The quantitative estimate of drug-likeness (QED) is 0.551. The molecule has 0 radical (unpaired) electrons. The number of amides is 1. The maximum absolute atomic E-state index is 13.1. The molecule has 0 aromatic heterocycles. The predicted molar refractivity (Wildman–Crippen MR) is 110 cm³/mol. The Bertz CT molecular complexity index is 1120. The van der Waals surface area contributed by atoms with Crippen LogP contribution >= 0.6 is 0 Å². The molecule has 2 aromatic rings. The SMILES string of the molecule is O=C(C1=NN=C(c2ccc([N+](=O)[O-])cc2)c2cc3c(cc2C1)OCO3)N1CCOCC1. The highest BCUT2D eigenvalue weighted by Crippen LogP contribution is 2.37. The number of nitro groups is 1. The molecule has 1 fully saturated rings. The van der Waals surface area contributed by atoms with E-state index in [4.69, 9.17) is 14.2 Å². The summed E-state index contributed by atoms with van der Waals surface area (Å²) in [5, 5.41) is 19.7. The van der Waals surface area contributed by atoms with Gasteiger partial charge in [0.2, 0.25) is 6.79 Å². The number of nitro benzene ring substituents is 1. The molecule has 0 unspecified atom stereocenters. The predicted octanol–water partition coefficient (Wildman–Crippen LogP) is 1.93. The van der Waals surface area contributed by atoms with E-state index in [2.05, 4.69) is 10.2 Å². The smallest absolute Gasteiger partial charge is 0.270 e. The zero-order valence-corrected chi connectivity index (χ0v) is 16.4. The minimum atomic E-state index is -0.456. The number of benzene rings is 2. The van der Waals surface area contributed by atoms with Gasteiger partial charge in [-0.1, -0.05) is 0 Å². The Hall–Kier alpha value is -3.79. The van der Waals surface area contributed by atoms with E-state index < -0.39 is 4.92 Å². The Balaban J connectivity index is 1.58. The highest BCUT2D eigenvalue weighted by atomic mass is 16.7. The zero-order chi connectivity index (χ0) is 21.4. The van der Waals surface area contributed by atoms with Crippen molar-refractivity contribution in [2.45, 2.75) is 6.42 Å². The van der Waals surface area contributed by atoms with Crippen LogP contribution in [0.4, 0.5) is 5.69 Å². The number of ether oxygens (including phenoxy) is 3. The standard InChI is InChI=1S/C21H18N4O6/c26-21(24-5-7-29-8-6-24)17-9-14-10-18-19(31-12-30-18)11-16(14)20(23-22-17)13-1-3-15(4-2-13)25(27)28/h1-4,10-11H,5-9,12H2. The second-order valence-electron chi connectivity index (χ2n) is 7.24. The van der Waals surface area contributed by atoms with E-state index in [0.717, 1.165) is 11.1 Å². The number of carbonyl (C=O) groups excluding carboxylic acids is 1. The number of hydrogen-bond acceptors (Lipinski definition) is 8. The fourth-order valence-electron chi connectivity index (χ4n) is 3.75. The molecule has 0 aliphatic carbocycles. The second kappa shape index (κ2) is 7.80. The van der Waals surface area contributed by atoms with Gasteiger partial charge in [0.25, 0.3) is 11.6 Å². The Labute approximate surface area is 176 Å². The summed E-state index contributed by atoms with van der Waals surface area (Å²) in [6.07, 6.45) is 0.280. The van der Waals surface area contributed by atoms with Gasteiger partial charge in [0.1, 0.15) is 11.4 Å². The van der Waals surface area contributed by atoms with Crippen LogP contribution in [-0.4, -0.2) is 60.2 Å². The molecular weight excluding hydrogens is 404 g/mol. The second-order valence-corrected chi connectivity index (χ2v) is 7.24. The molecule has 158 valence electrons. The number of carbonyl (C=O) groups is 1. The van der Waals surface area contributed by atoms with Crippen LogP contribution in [0.1, 0.15) is 16.7 Å². The van der Waals surface area contributed by atoms with Crippen molar-refractivity contribution in [1.82, 2.24) is 4.90 Å². The summed E-state index contributed by atoms with van der Waals surface area (Å²) >= 11 is 0. The number of morpholine rings is 1. The topological polar surface area (TPSA) is 116 Å². The van der Waals surface area contributed by atoms with E-state index >= 15 is 0 Å². The van der Waals surface area contributed by atoms with Gasteiger partial charge < -0.3 is 19.1 Å². The molecule has 3 heterocycles. The molecule has 0 bridgehead atoms. The van der Waals surface area contributed by atoms with Crippen molar-refractivity contribution in [1.29, 1.82) is 0 Å². The van der Waals surface area contributed by atoms with Crippen LogP contribution < -0.4 is 9.47 Å². The van der Waals surface area contributed by atoms with Gasteiger partial charge in [-0.3, -0.25) is 14.9 Å². The molecule has 3 aliphatic rings. The van der Waals surface area contributed by atoms with Gasteiger partial charge in [-0.25, -0.2) is 0 Å². The molecule has 0 spiro atoms. The lowest BCUT2D eigenvalue weighted by Crippen LogP contribution is -2.44. The monoisotopic (exact) mass is 422 g/mol. The molecule has 0 saturated carbocycles. The Morgan fingerprint density at radius 1 is 1.03 bits per heavy atom. The van der Waals surface area contributed by atoms with Crippen LogP contribution in [0.2, 0.25) is 0 Å². The van der Waals surface area contributed by atoms with Gasteiger partial charge in [-0.15, -0.1) is 10.2 Å². The minimum absolute atomic E-state index is 0.0180. The molecule has 5 rings (SSSR count). The van der Waals surface area contributed by atoms with Gasteiger partial charge in [-0.2, -0.15) is 0 Å². The average Bonchev–Trinajstić information content (AvgIpc) is 3.17. The number of hydrogen-bond donors (Lipinski definition) is 0. The third-order valence-corrected chi connectivity index (χ3v) is 5.38. The molecule has 10 nitrogen and oxygen atoms in total. The van der Waals surface area contributed by atoms with Gasteiger partial charge in [0, 0.05) is 42.8 Å². The summed E-state index contributed by atoms with van der Waals surface area (Å²) in [4.78, 5) is 25.3. The van der Waals surface area contributed by atoms with Gasteiger partial charge in [0.05, 0.1) is 18.1 Å². The number of rotatable bonds is 3. The van der Waals surface area contributed by atoms with Crippen LogP contribution in [0.3, 0.4) is 0 Å². The summed E-state index contributed by atoms with van der Waals surface area (Å²) in [7, 11) is 0. The first-order valence-corrected chi connectivity index (χ1v) is 9.79. The summed E-state index contributed by atoms with van der Waals surface area (Å²) in [5.41, 5.74) is 3.02. The highest BCUT2D eigenvalue weighted by molar-refractivity contribution is 6.40. The fourth-order valence-corrected chi connectivity index (χ4v) is 3.75. The normalized spacial score (nSPS) is 17.4. The van der Waals surface area contributed by atoms with Gasteiger partial charge in [0.15, 0.2) is 11.5 Å². The van der Waals surface area contributed by atoms with Crippen molar-refractivity contribution >= 4 is 23.0 Å². The van der Waals surface area contributed by atoms with Crippen LogP contribution in [0.5, 0.6) is 11.5 Å². The molecule has 10 heteroatoms. The fraction of sp³-hybridized carbons (Fsp3) is 0.286. The van der Waals surface area contributed by atoms with Crippen molar-refractivity contribution in [2.24, 2.45) is 10.2 Å². The number of fused-ring (bicyclic) bond motifs is 2. The maximum atomic E-state index is 13.1. The Kier molecular flexibility index (Phi) is 4.83. The van der Waals surface area contributed by atoms with Gasteiger partial charge in [-0.05, 0) is 29.8 Å². The molecule has 1 saturated heterocycles. The van der Waals surface area contributed by atoms with Crippen molar-refractivity contribution in [3.05, 3.63) is 63.2 Å². The van der Waals surface area contributed by atoms with E-state index in [1.807, 2.05) is 12.1 Å². The van der Waals surface area contributed by atoms with Crippen molar-refractivity contribution < 1.29 is 23.9 Å². The molecule has 31 heavy (non-hydrogen) atoms. The van der Waals surface area contributed by atoms with Crippen LogP contribution in [0, 0.1) is 10.1 Å². The third-order valence-electron chi connectivity index (χ3n) is 5.38. The summed E-state index contributed by atoms with van der Waals surface area (Å²) in [5.74, 6) is 0.999. The lowest BCUT2D eigenvalue weighted by atomic mass is 9.94. The molecule has 3 aliphatic heterocycles. The van der Waals surface area contributed by atoms with Crippen molar-refractivity contribution in [3.8, 4) is 11.5 Å². The third kappa shape index (κ3) is 3.61. The highest BCUT2D eigenvalue weighted by Gasteiger charge is 2.28. The Morgan fingerprint density at radius 3 is 2.45 bits per heavy atom. The van der Waals surface area contributed by atoms with E-state index in [1.165, 1.54) is 12.1 Å².